The number of hydrogen-bond donors (Lipinski definition) is 1. The molecule has 0 unspecified atom stereocenters. The predicted molar refractivity (Wildman–Crippen MR) is 104 cm³/mol. The summed E-state index contributed by atoms with van der Waals surface area (Å²) in [4.78, 5) is 0. The van der Waals surface area contributed by atoms with Crippen molar-refractivity contribution < 1.29 is 0 Å². The first-order chi connectivity index (χ1) is 10.4. The third-order valence-electron chi connectivity index (χ3n) is 3.87. The van der Waals surface area contributed by atoms with E-state index in [-0.39, 0.29) is 0 Å². The van der Waals surface area contributed by atoms with Crippen molar-refractivity contribution in [3.8, 4) is 0 Å². The molecule has 0 rings (SSSR count). The van der Waals surface area contributed by atoms with E-state index in [0.717, 1.165) is 12.3 Å². The zero-order valence-electron chi connectivity index (χ0n) is 14.4. The fraction of sp³-hybridized carbons (Fsp3) is 1.00. The standard InChI is InChI=1S/C18H39NS2/c1-2-3-4-5-6-7-8-9-10-11-12-13-14-15-17-20-21-18-16-19/h2-19H2,1H3. The normalized spacial score (nSPS) is 11.1. The van der Waals surface area contributed by atoms with Gasteiger partial charge in [0.25, 0.3) is 0 Å². The molecule has 1 nitrogen and oxygen atoms in total. The molecule has 0 aliphatic rings. The SMILES string of the molecule is CCCCCCCCCCCCCCCCSSCCN. The summed E-state index contributed by atoms with van der Waals surface area (Å²) in [7, 11) is 3.93. The van der Waals surface area contributed by atoms with E-state index < -0.39 is 0 Å². The van der Waals surface area contributed by atoms with Gasteiger partial charge in [0.15, 0.2) is 0 Å². The average Bonchev–Trinajstić information content (AvgIpc) is 2.50. The molecule has 0 amide bonds. The summed E-state index contributed by atoms with van der Waals surface area (Å²) in [5.74, 6) is 2.41. The van der Waals surface area contributed by atoms with Crippen LogP contribution in [0.4, 0.5) is 0 Å². The van der Waals surface area contributed by atoms with Gasteiger partial charge in [-0.1, -0.05) is 112 Å². The fourth-order valence-corrected chi connectivity index (χ4v) is 4.52. The molecule has 3 heteroatoms. The van der Waals surface area contributed by atoms with Crippen LogP contribution in [-0.4, -0.2) is 18.1 Å². The minimum Gasteiger partial charge on any atom is -0.330 e. The molecule has 2 N–H and O–H groups in total. The van der Waals surface area contributed by atoms with E-state index in [1.54, 1.807) is 0 Å². The Hall–Kier alpha value is 0.660. The van der Waals surface area contributed by atoms with Gasteiger partial charge in [-0.05, 0) is 6.42 Å². The zero-order chi connectivity index (χ0) is 15.4. The Morgan fingerprint density at radius 3 is 1.33 bits per heavy atom. The summed E-state index contributed by atoms with van der Waals surface area (Å²) >= 11 is 0. The second kappa shape index (κ2) is 20.7. The molecule has 128 valence electrons. The van der Waals surface area contributed by atoms with Gasteiger partial charge in [0.2, 0.25) is 0 Å². The summed E-state index contributed by atoms with van der Waals surface area (Å²) in [6, 6.07) is 0. The number of rotatable bonds is 18. The first kappa shape index (κ1) is 21.7. The van der Waals surface area contributed by atoms with Crippen LogP contribution in [0.3, 0.4) is 0 Å². The quantitative estimate of drug-likeness (QED) is 0.220. The lowest BCUT2D eigenvalue weighted by molar-refractivity contribution is 0.538. The maximum absolute atomic E-state index is 5.46. The van der Waals surface area contributed by atoms with Gasteiger partial charge < -0.3 is 5.73 Å². The van der Waals surface area contributed by atoms with Crippen LogP contribution in [0.25, 0.3) is 0 Å². The Kier molecular flexibility index (Phi) is 21.3. The second-order valence-corrected chi connectivity index (χ2v) is 8.73. The summed E-state index contributed by atoms with van der Waals surface area (Å²) < 4.78 is 0. The van der Waals surface area contributed by atoms with Crippen molar-refractivity contribution in [2.24, 2.45) is 5.73 Å². The maximum Gasteiger partial charge on any atom is 0.0160 e. The van der Waals surface area contributed by atoms with Crippen LogP contribution < -0.4 is 5.73 Å². The molecule has 0 aromatic heterocycles. The second-order valence-electron chi connectivity index (χ2n) is 6.03. The van der Waals surface area contributed by atoms with Crippen molar-refractivity contribution in [2.45, 2.75) is 96.8 Å². The Labute approximate surface area is 142 Å². The lowest BCUT2D eigenvalue weighted by Crippen LogP contribution is -1.99. The topological polar surface area (TPSA) is 26.0 Å². The average molecular weight is 334 g/mol. The number of hydrogen-bond acceptors (Lipinski definition) is 3. The lowest BCUT2D eigenvalue weighted by Gasteiger charge is -2.03. The van der Waals surface area contributed by atoms with Crippen LogP contribution in [0.5, 0.6) is 0 Å². The largest absolute Gasteiger partial charge is 0.330 e. The number of nitrogens with two attached hydrogens (primary N) is 1. The summed E-state index contributed by atoms with van der Waals surface area (Å²) in [6.07, 6.45) is 20.3. The van der Waals surface area contributed by atoms with E-state index in [9.17, 15) is 0 Å². The van der Waals surface area contributed by atoms with Gasteiger partial charge in [0.05, 0.1) is 0 Å². The highest BCUT2D eigenvalue weighted by Crippen LogP contribution is 2.22. The molecule has 0 heterocycles. The Morgan fingerprint density at radius 2 is 0.905 bits per heavy atom. The van der Waals surface area contributed by atoms with Crippen molar-refractivity contribution in [1.29, 1.82) is 0 Å². The third-order valence-corrected chi connectivity index (χ3v) is 6.39. The molecular formula is C18H39NS2. The highest BCUT2D eigenvalue weighted by molar-refractivity contribution is 8.76. The van der Waals surface area contributed by atoms with Crippen LogP contribution in [0, 0.1) is 0 Å². The Morgan fingerprint density at radius 1 is 0.524 bits per heavy atom. The lowest BCUT2D eigenvalue weighted by atomic mass is 10.0. The van der Waals surface area contributed by atoms with Crippen molar-refractivity contribution in [1.82, 2.24) is 0 Å². The minimum atomic E-state index is 0.816. The molecule has 0 aromatic rings. The van der Waals surface area contributed by atoms with Crippen LogP contribution in [-0.2, 0) is 0 Å². The molecule has 0 atom stereocenters. The molecule has 0 spiro atoms. The summed E-state index contributed by atoms with van der Waals surface area (Å²) in [6.45, 7) is 3.11. The van der Waals surface area contributed by atoms with Gasteiger partial charge in [-0.25, -0.2) is 0 Å². The van der Waals surface area contributed by atoms with Gasteiger partial charge in [0, 0.05) is 18.1 Å². The molecular weight excluding hydrogens is 294 g/mol. The molecule has 0 aliphatic carbocycles. The first-order valence-corrected chi connectivity index (χ1v) is 11.8. The van der Waals surface area contributed by atoms with Gasteiger partial charge in [-0.2, -0.15) is 0 Å². The predicted octanol–water partition coefficient (Wildman–Crippen LogP) is 6.81. The monoisotopic (exact) mass is 333 g/mol. The van der Waals surface area contributed by atoms with E-state index >= 15 is 0 Å². The van der Waals surface area contributed by atoms with Crippen LogP contribution in [0.2, 0.25) is 0 Å². The molecule has 0 aliphatic heterocycles. The van der Waals surface area contributed by atoms with Gasteiger partial charge in [-0.15, -0.1) is 0 Å². The summed E-state index contributed by atoms with van der Waals surface area (Å²) in [5.41, 5.74) is 5.46. The van der Waals surface area contributed by atoms with Crippen LogP contribution >= 0.6 is 21.6 Å². The Balaban J connectivity index is 2.90. The van der Waals surface area contributed by atoms with E-state index in [0.29, 0.717) is 0 Å². The molecule has 0 saturated carbocycles. The van der Waals surface area contributed by atoms with E-state index in [1.807, 2.05) is 21.6 Å². The first-order valence-electron chi connectivity index (χ1n) is 9.36. The highest BCUT2D eigenvalue weighted by Gasteiger charge is 1.94. The molecule has 0 fully saturated rings. The van der Waals surface area contributed by atoms with Gasteiger partial charge >= 0.3 is 0 Å². The molecule has 21 heavy (non-hydrogen) atoms. The van der Waals surface area contributed by atoms with Crippen molar-refractivity contribution in [2.75, 3.05) is 18.1 Å². The van der Waals surface area contributed by atoms with E-state index in [4.69, 9.17) is 5.73 Å². The minimum absolute atomic E-state index is 0.816. The van der Waals surface area contributed by atoms with Gasteiger partial charge in [-0.3, -0.25) is 0 Å². The number of unbranched alkanes of at least 4 members (excludes halogenated alkanes) is 13. The Bertz CT molecular complexity index is 159. The fourth-order valence-electron chi connectivity index (χ4n) is 2.52. The van der Waals surface area contributed by atoms with Gasteiger partial charge in [0.1, 0.15) is 0 Å². The molecule has 0 aromatic carbocycles. The maximum atomic E-state index is 5.46. The van der Waals surface area contributed by atoms with Crippen LogP contribution in [0.1, 0.15) is 96.8 Å². The highest BCUT2D eigenvalue weighted by atomic mass is 33.1. The van der Waals surface area contributed by atoms with Crippen molar-refractivity contribution in [3.05, 3.63) is 0 Å². The molecule has 0 bridgehead atoms. The third kappa shape index (κ3) is 20.7. The van der Waals surface area contributed by atoms with Crippen LogP contribution in [0.15, 0.2) is 0 Å². The molecule has 0 radical (unpaired) electrons. The smallest absolute Gasteiger partial charge is 0.0160 e. The van der Waals surface area contributed by atoms with Crippen molar-refractivity contribution >= 4 is 21.6 Å². The summed E-state index contributed by atoms with van der Waals surface area (Å²) in [5, 5.41) is 0. The molecule has 0 saturated heterocycles. The van der Waals surface area contributed by atoms with Crippen molar-refractivity contribution in [3.63, 3.8) is 0 Å². The van der Waals surface area contributed by atoms with E-state index in [2.05, 4.69) is 6.92 Å². The van der Waals surface area contributed by atoms with E-state index in [1.165, 1.54) is 95.6 Å². The zero-order valence-corrected chi connectivity index (χ0v) is 16.0.